The molecule has 0 radical (unpaired) electrons. The van der Waals surface area contributed by atoms with Crippen molar-refractivity contribution in [2.75, 3.05) is 18.0 Å². The monoisotopic (exact) mass is 305 g/mol. The van der Waals surface area contributed by atoms with E-state index in [2.05, 4.69) is 70.9 Å². The summed E-state index contributed by atoms with van der Waals surface area (Å²) in [5.41, 5.74) is 5.45. The minimum Gasteiger partial charge on any atom is -0.370 e. The van der Waals surface area contributed by atoms with Crippen molar-refractivity contribution in [1.82, 2.24) is 0 Å². The molecule has 0 amide bonds. The highest BCUT2D eigenvalue weighted by Crippen LogP contribution is 2.45. The molecule has 0 unspecified atom stereocenters. The van der Waals surface area contributed by atoms with E-state index in [0.717, 1.165) is 0 Å². The van der Waals surface area contributed by atoms with Crippen LogP contribution in [0.2, 0.25) is 0 Å². The van der Waals surface area contributed by atoms with Gasteiger partial charge in [0.1, 0.15) is 0 Å². The molecule has 1 aliphatic heterocycles. The molecule has 0 N–H and O–H groups in total. The summed E-state index contributed by atoms with van der Waals surface area (Å²) in [6.07, 6.45) is 2.62. The van der Waals surface area contributed by atoms with Gasteiger partial charge in [0.05, 0.1) is 5.69 Å². The molecule has 1 aromatic heterocycles. The SMILES string of the molecule is c1ccc(-c2scc(N3CCCC3)c2-c2ccccc2)cc1. The molecule has 1 fully saturated rings. The van der Waals surface area contributed by atoms with E-state index >= 15 is 0 Å². The first-order valence-electron chi connectivity index (χ1n) is 7.91. The zero-order valence-corrected chi connectivity index (χ0v) is 13.4. The molecule has 2 heterocycles. The first kappa shape index (κ1) is 13.6. The smallest absolute Gasteiger partial charge is 0.0561 e. The van der Waals surface area contributed by atoms with Gasteiger partial charge in [0, 0.05) is 28.9 Å². The summed E-state index contributed by atoms with van der Waals surface area (Å²) in [6.45, 7) is 2.37. The Kier molecular flexibility index (Phi) is 3.69. The molecule has 3 aromatic rings. The molecule has 2 aromatic carbocycles. The van der Waals surface area contributed by atoms with Gasteiger partial charge in [0.2, 0.25) is 0 Å². The van der Waals surface area contributed by atoms with E-state index in [9.17, 15) is 0 Å². The lowest BCUT2D eigenvalue weighted by Crippen LogP contribution is -2.17. The van der Waals surface area contributed by atoms with Crippen molar-refractivity contribution in [3.05, 3.63) is 66.0 Å². The molecule has 0 atom stereocenters. The summed E-state index contributed by atoms with van der Waals surface area (Å²) in [4.78, 5) is 3.93. The summed E-state index contributed by atoms with van der Waals surface area (Å²) in [5, 5.41) is 2.34. The van der Waals surface area contributed by atoms with Crippen LogP contribution in [0, 0.1) is 0 Å². The first-order valence-corrected chi connectivity index (χ1v) is 8.79. The average Bonchev–Trinajstić information content (AvgIpc) is 3.25. The maximum absolute atomic E-state index is 2.55. The lowest BCUT2D eigenvalue weighted by atomic mass is 10.0. The van der Waals surface area contributed by atoms with Crippen LogP contribution in [0.3, 0.4) is 0 Å². The van der Waals surface area contributed by atoms with Crippen LogP contribution in [0.1, 0.15) is 12.8 Å². The molecule has 0 spiro atoms. The van der Waals surface area contributed by atoms with Gasteiger partial charge in [-0.15, -0.1) is 11.3 Å². The van der Waals surface area contributed by atoms with Crippen molar-refractivity contribution in [2.45, 2.75) is 12.8 Å². The zero-order chi connectivity index (χ0) is 14.8. The van der Waals surface area contributed by atoms with Gasteiger partial charge in [-0.3, -0.25) is 0 Å². The summed E-state index contributed by atoms with van der Waals surface area (Å²) >= 11 is 1.87. The second-order valence-corrected chi connectivity index (χ2v) is 6.63. The van der Waals surface area contributed by atoms with E-state index in [1.807, 2.05) is 11.3 Å². The summed E-state index contributed by atoms with van der Waals surface area (Å²) in [6, 6.07) is 21.6. The number of anilines is 1. The molecule has 1 aliphatic rings. The van der Waals surface area contributed by atoms with E-state index < -0.39 is 0 Å². The van der Waals surface area contributed by atoms with E-state index in [-0.39, 0.29) is 0 Å². The highest BCUT2D eigenvalue weighted by atomic mass is 32.1. The van der Waals surface area contributed by atoms with Crippen molar-refractivity contribution in [1.29, 1.82) is 0 Å². The third-order valence-corrected chi connectivity index (χ3v) is 5.33. The number of hydrogen-bond acceptors (Lipinski definition) is 2. The minimum absolute atomic E-state index is 1.19. The Morgan fingerprint density at radius 2 is 1.32 bits per heavy atom. The Morgan fingerprint density at radius 3 is 1.95 bits per heavy atom. The maximum Gasteiger partial charge on any atom is 0.0561 e. The van der Waals surface area contributed by atoms with Gasteiger partial charge in [0.15, 0.2) is 0 Å². The van der Waals surface area contributed by atoms with Gasteiger partial charge in [-0.25, -0.2) is 0 Å². The highest BCUT2D eigenvalue weighted by Gasteiger charge is 2.21. The first-order chi connectivity index (χ1) is 10.9. The molecular formula is C20H19NS. The van der Waals surface area contributed by atoms with Crippen LogP contribution in [0.15, 0.2) is 66.0 Å². The van der Waals surface area contributed by atoms with Gasteiger partial charge in [-0.1, -0.05) is 60.7 Å². The number of rotatable bonds is 3. The summed E-state index contributed by atoms with van der Waals surface area (Å²) < 4.78 is 0. The molecule has 22 heavy (non-hydrogen) atoms. The van der Waals surface area contributed by atoms with Crippen LogP contribution >= 0.6 is 11.3 Å². The molecule has 1 saturated heterocycles. The lowest BCUT2D eigenvalue weighted by molar-refractivity contribution is 0.949. The zero-order valence-electron chi connectivity index (χ0n) is 12.5. The van der Waals surface area contributed by atoms with Crippen LogP contribution in [0.5, 0.6) is 0 Å². The van der Waals surface area contributed by atoms with Crippen LogP contribution in [-0.4, -0.2) is 13.1 Å². The quantitative estimate of drug-likeness (QED) is 0.601. The van der Waals surface area contributed by atoms with Crippen LogP contribution in [-0.2, 0) is 0 Å². The second-order valence-electron chi connectivity index (χ2n) is 5.75. The number of hydrogen-bond donors (Lipinski definition) is 0. The summed E-state index contributed by atoms with van der Waals surface area (Å²) in [5.74, 6) is 0. The Morgan fingerprint density at radius 1 is 0.727 bits per heavy atom. The topological polar surface area (TPSA) is 3.24 Å². The Labute approximate surface area is 135 Å². The number of thiophene rings is 1. The fourth-order valence-electron chi connectivity index (χ4n) is 3.23. The molecule has 110 valence electrons. The van der Waals surface area contributed by atoms with Crippen LogP contribution in [0.25, 0.3) is 21.6 Å². The van der Waals surface area contributed by atoms with E-state index in [4.69, 9.17) is 0 Å². The Balaban J connectivity index is 1.89. The standard InChI is InChI=1S/C20H19NS/c1-3-9-16(10-4-1)19-18(21-13-7-8-14-21)15-22-20(19)17-11-5-2-6-12-17/h1-6,9-12,15H,7-8,13-14H2. The molecule has 1 nitrogen and oxygen atoms in total. The molecular weight excluding hydrogens is 286 g/mol. The van der Waals surface area contributed by atoms with Crippen molar-refractivity contribution in [3.8, 4) is 21.6 Å². The normalized spacial score (nSPS) is 14.5. The van der Waals surface area contributed by atoms with Crippen molar-refractivity contribution < 1.29 is 0 Å². The molecule has 0 bridgehead atoms. The Bertz CT molecular complexity index is 740. The van der Waals surface area contributed by atoms with Gasteiger partial charge >= 0.3 is 0 Å². The van der Waals surface area contributed by atoms with Crippen LogP contribution < -0.4 is 4.90 Å². The minimum atomic E-state index is 1.19. The largest absolute Gasteiger partial charge is 0.370 e. The van der Waals surface area contributed by atoms with Gasteiger partial charge in [0.25, 0.3) is 0 Å². The predicted octanol–water partition coefficient (Wildman–Crippen LogP) is 5.68. The summed E-state index contributed by atoms with van der Waals surface area (Å²) in [7, 11) is 0. The van der Waals surface area contributed by atoms with Crippen molar-refractivity contribution >= 4 is 17.0 Å². The fraction of sp³-hybridized carbons (Fsp3) is 0.200. The lowest BCUT2D eigenvalue weighted by Gasteiger charge is -2.19. The predicted molar refractivity (Wildman–Crippen MR) is 96.6 cm³/mol. The molecule has 0 aliphatic carbocycles. The van der Waals surface area contributed by atoms with E-state index in [0.29, 0.717) is 0 Å². The maximum atomic E-state index is 2.55. The van der Waals surface area contributed by atoms with Crippen LogP contribution in [0.4, 0.5) is 5.69 Å². The van der Waals surface area contributed by atoms with Gasteiger partial charge < -0.3 is 4.90 Å². The van der Waals surface area contributed by atoms with Crippen molar-refractivity contribution in [2.24, 2.45) is 0 Å². The van der Waals surface area contributed by atoms with E-state index in [1.54, 1.807) is 0 Å². The molecule has 2 heteroatoms. The van der Waals surface area contributed by atoms with Crippen molar-refractivity contribution in [3.63, 3.8) is 0 Å². The fourth-order valence-corrected chi connectivity index (χ4v) is 4.33. The van der Waals surface area contributed by atoms with Gasteiger partial charge in [-0.2, -0.15) is 0 Å². The Hall–Kier alpha value is -2.06. The highest BCUT2D eigenvalue weighted by molar-refractivity contribution is 7.14. The number of benzene rings is 2. The third kappa shape index (κ3) is 2.44. The average molecular weight is 305 g/mol. The second kappa shape index (κ2) is 5.98. The number of nitrogens with zero attached hydrogens (tertiary/aromatic N) is 1. The molecule has 4 rings (SSSR count). The van der Waals surface area contributed by atoms with E-state index in [1.165, 1.54) is 53.2 Å². The molecule has 0 saturated carbocycles. The van der Waals surface area contributed by atoms with Gasteiger partial charge in [-0.05, 0) is 24.0 Å². The third-order valence-electron chi connectivity index (χ3n) is 4.32.